The van der Waals surface area contributed by atoms with E-state index in [2.05, 4.69) is 21.2 Å². The molecule has 0 aliphatic heterocycles. The number of hydrogen-bond acceptors (Lipinski definition) is 1. The van der Waals surface area contributed by atoms with E-state index in [9.17, 15) is 4.39 Å². The molecule has 1 atom stereocenters. The molecule has 0 aliphatic rings. The predicted molar refractivity (Wildman–Crippen MR) is 56.7 cm³/mol. The highest BCUT2D eigenvalue weighted by molar-refractivity contribution is 9.10. The maximum absolute atomic E-state index is 13.4. The maximum atomic E-state index is 13.4. The number of rotatable bonds is 3. The molecule has 0 fully saturated rings. The normalized spacial score (nSPS) is 12.9. The molecule has 1 aromatic rings. The second-order valence-corrected chi connectivity index (χ2v) is 3.89. The Labute approximate surface area is 86.5 Å². The summed E-state index contributed by atoms with van der Waals surface area (Å²) in [4.78, 5) is 0. The quantitative estimate of drug-likeness (QED) is 0.864. The molecule has 3 heteroatoms. The molecule has 0 bridgehead atoms. The summed E-state index contributed by atoms with van der Waals surface area (Å²) in [5.41, 5.74) is 1.84. The predicted octanol–water partition coefficient (Wildman–Crippen LogP) is 2.99. The molecule has 0 heterocycles. The van der Waals surface area contributed by atoms with Gasteiger partial charge in [-0.05, 0) is 31.2 Å². The Morgan fingerprint density at radius 1 is 1.54 bits per heavy atom. The molecule has 13 heavy (non-hydrogen) atoms. The molecule has 0 saturated carbocycles. The van der Waals surface area contributed by atoms with Crippen molar-refractivity contribution in [3.8, 4) is 0 Å². The summed E-state index contributed by atoms with van der Waals surface area (Å²) >= 11 is 3.38. The van der Waals surface area contributed by atoms with E-state index < -0.39 is 6.17 Å². The minimum absolute atomic E-state index is 0.357. The third-order valence-electron chi connectivity index (χ3n) is 1.94. The van der Waals surface area contributed by atoms with Crippen molar-refractivity contribution >= 4 is 15.9 Å². The number of aryl methyl sites for hydroxylation is 1. The zero-order valence-electron chi connectivity index (χ0n) is 7.77. The van der Waals surface area contributed by atoms with E-state index in [0.29, 0.717) is 12.1 Å². The van der Waals surface area contributed by atoms with Gasteiger partial charge in [-0.1, -0.05) is 28.1 Å². The van der Waals surface area contributed by atoms with Crippen molar-refractivity contribution in [1.29, 1.82) is 0 Å². The topological polar surface area (TPSA) is 12.0 Å². The highest BCUT2D eigenvalue weighted by Crippen LogP contribution is 2.23. The van der Waals surface area contributed by atoms with Crippen LogP contribution in [0.25, 0.3) is 0 Å². The van der Waals surface area contributed by atoms with Gasteiger partial charge in [0.25, 0.3) is 0 Å². The van der Waals surface area contributed by atoms with Crippen LogP contribution in [0.3, 0.4) is 0 Å². The largest absolute Gasteiger partial charge is 0.317 e. The Kier molecular flexibility index (Phi) is 3.88. The highest BCUT2D eigenvalue weighted by Gasteiger charge is 2.08. The second-order valence-electron chi connectivity index (χ2n) is 3.03. The van der Waals surface area contributed by atoms with Crippen LogP contribution in [0.15, 0.2) is 22.7 Å². The van der Waals surface area contributed by atoms with E-state index in [1.807, 2.05) is 25.1 Å². The van der Waals surface area contributed by atoms with Crippen LogP contribution in [-0.2, 0) is 0 Å². The molecule has 1 nitrogen and oxygen atoms in total. The Bertz CT molecular complexity index is 288. The minimum Gasteiger partial charge on any atom is -0.317 e. The van der Waals surface area contributed by atoms with Crippen LogP contribution in [0.5, 0.6) is 0 Å². The van der Waals surface area contributed by atoms with Gasteiger partial charge in [0.1, 0.15) is 6.17 Å². The van der Waals surface area contributed by atoms with Gasteiger partial charge in [0.2, 0.25) is 0 Å². The zero-order chi connectivity index (χ0) is 9.84. The lowest BCUT2D eigenvalue weighted by molar-refractivity contribution is 0.335. The molecule has 0 aliphatic carbocycles. The molecule has 1 N–H and O–H groups in total. The number of benzene rings is 1. The molecule has 0 aromatic heterocycles. The number of hydrogen-bond donors (Lipinski definition) is 1. The first-order valence-electron chi connectivity index (χ1n) is 4.20. The lowest BCUT2D eigenvalue weighted by Gasteiger charge is -2.08. The van der Waals surface area contributed by atoms with Crippen LogP contribution in [0, 0.1) is 6.92 Å². The van der Waals surface area contributed by atoms with Crippen LogP contribution in [0.2, 0.25) is 0 Å². The van der Waals surface area contributed by atoms with E-state index in [1.54, 1.807) is 7.05 Å². The van der Waals surface area contributed by atoms with Crippen LogP contribution >= 0.6 is 15.9 Å². The van der Waals surface area contributed by atoms with E-state index in [1.165, 1.54) is 0 Å². The molecule has 1 rings (SSSR count). The molecule has 0 spiro atoms. The van der Waals surface area contributed by atoms with Gasteiger partial charge in [-0.15, -0.1) is 0 Å². The number of nitrogens with one attached hydrogen (secondary N) is 1. The summed E-state index contributed by atoms with van der Waals surface area (Å²) in [6.07, 6.45) is -0.929. The van der Waals surface area contributed by atoms with Gasteiger partial charge in [-0.2, -0.15) is 0 Å². The summed E-state index contributed by atoms with van der Waals surface area (Å²) in [7, 11) is 1.75. The average molecular weight is 246 g/mol. The van der Waals surface area contributed by atoms with Crippen molar-refractivity contribution in [3.63, 3.8) is 0 Å². The van der Waals surface area contributed by atoms with Gasteiger partial charge < -0.3 is 5.32 Å². The van der Waals surface area contributed by atoms with Gasteiger partial charge in [-0.3, -0.25) is 0 Å². The van der Waals surface area contributed by atoms with Gasteiger partial charge in [0, 0.05) is 11.0 Å². The first-order chi connectivity index (χ1) is 6.15. The van der Waals surface area contributed by atoms with E-state index in [-0.39, 0.29) is 0 Å². The second kappa shape index (κ2) is 4.72. The van der Waals surface area contributed by atoms with E-state index in [4.69, 9.17) is 0 Å². The number of likely N-dealkylation sites (N-methyl/N-ethyl adjacent to an activating group) is 1. The molecule has 72 valence electrons. The summed E-state index contributed by atoms with van der Waals surface area (Å²) in [6, 6.07) is 5.57. The molecule has 1 aromatic carbocycles. The summed E-state index contributed by atoms with van der Waals surface area (Å²) < 4.78 is 14.3. The van der Waals surface area contributed by atoms with Crippen molar-refractivity contribution in [1.82, 2.24) is 5.32 Å². The van der Waals surface area contributed by atoms with Crippen molar-refractivity contribution in [3.05, 3.63) is 33.8 Å². The summed E-state index contributed by atoms with van der Waals surface area (Å²) in [5, 5.41) is 2.81. The van der Waals surface area contributed by atoms with E-state index in [0.717, 1.165) is 10.0 Å². The summed E-state index contributed by atoms with van der Waals surface area (Å²) in [6.45, 7) is 2.34. The van der Waals surface area contributed by atoms with E-state index >= 15 is 0 Å². The number of alkyl halides is 1. The molecule has 1 unspecified atom stereocenters. The first-order valence-corrected chi connectivity index (χ1v) is 4.99. The Balaban J connectivity index is 2.84. The standard InChI is InChI=1S/C10H13BrFN/c1-7-3-4-8(5-9(7)11)10(12)6-13-2/h3-5,10,13H,6H2,1-2H3. The van der Waals surface area contributed by atoms with Crippen molar-refractivity contribution in [2.45, 2.75) is 13.1 Å². The Morgan fingerprint density at radius 2 is 2.23 bits per heavy atom. The molecule has 0 saturated heterocycles. The van der Waals surface area contributed by atoms with Gasteiger partial charge in [-0.25, -0.2) is 4.39 Å². The monoisotopic (exact) mass is 245 g/mol. The third-order valence-corrected chi connectivity index (χ3v) is 2.80. The van der Waals surface area contributed by atoms with Crippen molar-refractivity contribution in [2.75, 3.05) is 13.6 Å². The van der Waals surface area contributed by atoms with Crippen molar-refractivity contribution in [2.24, 2.45) is 0 Å². The highest BCUT2D eigenvalue weighted by atomic mass is 79.9. The van der Waals surface area contributed by atoms with Crippen LogP contribution in [0.1, 0.15) is 17.3 Å². The fourth-order valence-corrected chi connectivity index (χ4v) is 1.50. The van der Waals surface area contributed by atoms with Crippen molar-refractivity contribution < 1.29 is 4.39 Å². The third kappa shape index (κ3) is 2.78. The molecular formula is C10H13BrFN. The minimum atomic E-state index is -0.929. The molecular weight excluding hydrogens is 233 g/mol. The van der Waals surface area contributed by atoms with Crippen LogP contribution < -0.4 is 5.32 Å². The fourth-order valence-electron chi connectivity index (χ4n) is 1.10. The van der Waals surface area contributed by atoms with Gasteiger partial charge in [0.15, 0.2) is 0 Å². The van der Waals surface area contributed by atoms with Gasteiger partial charge in [0.05, 0.1) is 0 Å². The number of halogens is 2. The lowest BCUT2D eigenvalue weighted by atomic mass is 10.1. The lowest BCUT2D eigenvalue weighted by Crippen LogP contribution is -2.13. The van der Waals surface area contributed by atoms with Gasteiger partial charge >= 0.3 is 0 Å². The smallest absolute Gasteiger partial charge is 0.138 e. The molecule has 0 amide bonds. The van der Waals surface area contributed by atoms with Crippen LogP contribution in [-0.4, -0.2) is 13.6 Å². The van der Waals surface area contributed by atoms with Crippen LogP contribution in [0.4, 0.5) is 4.39 Å². The Morgan fingerprint density at radius 3 is 2.77 bits per heavy atom. The first kappa shape index (κ1) is 10.7. The molecule has 0 radical (unpaired) electrons. The maximum Gasteiger partial charge on any atom is 0.138 e. The Hall–Kier alpha value is -0.410. The SMILES string of the molecule is CNCC(F)c1ccc(C)c(Br)c1. The zero-order valence-corrected chi connectivity index (χ0v) is 9.36. The summed E-state index contributed by atoms with van der Waals surface area (Å²) in [5.74, 6) is 0. The average Bonchev–Trinajstić information content (AvgIpc) is 2.10. The fraction of sp³-hybridized carbons (Fsp3) is 0.400.